The Morgan fingerprint density at radius 2 is 2.17 bits per heavy atom. The SMILES string of the molecule is CNC(=O)c1nc(N[C@@H](C)c2cncc(F)c2)nc2ccsc12. The van der Waals surface area contributed by atoms with Gasteiger partial charge in [0, 0.05) is 13.2 Å². The van der Waals surface area contributed by atoms with E-state index in [0.29, 0.717) is 22.7 Å². The third kappa shape index (κ3) is 3.11. The predicted octanol–water partition coefficient (Wildman–Crippen LogP) is 2.76. The lowest BCUT2D eigenvalue weighted by Crippen LogP contribution is -2.20. The summed E-state index contributed by atoms with van der Waals surface area (Å²) in [5, 5.41) is 7.51. The van der Waals surface area contributed by atoms with Crippen LogP contribution in [0.15, 0.2) is 29.9 Å². The second-order valence-corrected chi connectivity index (χ2v) is 5.83. The second-order valence-electron chi connectivity index (χ2n) is 4.91. The second kappa shape index (κ2) is 6.25. The standard InChI is InChI=1S/C15H14FN5OS/c1-8(9-5-10(16)7-18-6-9)19-15-20-11-3-4-23-13(11)12(21-15)14(22)17-2/h3-8H,1-2H3,(H,17,22)(H,19,20,21)/t8-/m0/s1. The van der Waals surface area contributed by atoms with Crippen LogP contribution < -0.4 is 10.6 Å². The number of hydrogen-bond acceptors (Lipinski definition) is 6. The maximum Gasteiger partial charge on any atom is 0.271 e. The average molecular weight is 331 g/mol. The fraction of sp³-hybridized carbons (Fsp3) is 0.200. The molecule has 0 radical (unpaired) electrons. The number of nitrogens with zero attached hydrogens (tertiary/aromatic N) is 3. The maximum atomic E-state index is 13.3. The van der Waals surface area contributed by atoms with E-state index in [0.717, 1.165) is 10.9 Å². The molecule has 0 fully saturated rings. The molecule has 23 heavy (non-hydrogen) atoms. The number of carbonyl (C=O) groups excluding carboxylic acids is 1. The Morgan fingerprint density at radius 1 is 1.35 bits per heavy atom. The summed E-state index contributed by atoms with van der Waals surface area (Å²) in [5.41, 5.74) is 1.68. The molecule has 0 aliphatic rings. The van der Waals surface area contributed by atoms with Crippen molar-refractivity contribution in [1.29, 1.82) is 0 Å². The number of thiophene rings is 1. The fourth-order valence-corrected chi connectivity index (χ4v) is 2.96. The lowest BCUT2D eigenvalue weighted by molar-refractivity contribution is 0.0960. The molecule has 3 heterocycles. The van der Waals surface area contributed by atoms with E-state index in [9.17, 15) is 9.18 Å². The first-order chi connectivity index (χ1) is 11.1. The highest BCUT2D eigenvalue weighted by Crippen LogP contribution is 2.25. The average Bonchev–Trinajstić information content (AvgIpc) is 3.01. The first-order valence-electron chi connectivity index (χ1n) is 6.93. The minimum absolute atomic E-state index is 0.258. The highest BCUT2D eigenvalue weighted by atomic mass is 32.1. The summed E-state index contributed by atoms with van der Waals surface area (Å²) >= 11 is 1.41. The van der Waals surface area contributed by atoms with E-state index in [-0.39, 0.29) is 11.9 Å². The number of rotatable bonds is 4. The molecule has 1 amide bonds. The molecule has 6 nitrogen and oxygen atoms in total. The zero-order valence-corrected chi connectivity index (χ0v) is 13.3. The third-order valence-corrected chi connectivity index (χ3v) is 4.23. The number of amides is 1. The number of nitrogens with one attached hydrogen (secondary N) is 2. The molecule has 0 aliphatic carbocycles. The number of aromatic nitrogens is 3. The lowest BCUT2D eigenvalue weighted by atomic mass is 10.1. The van der Waals surface area contributed by atoms with Gasteiger partial charge in [-0.05, 0) is 30.0 Å². The monoisotopic (exact) mass is 331 g/mol. The molecular formula is C15H14FN5OS. The Labute approximate surface area is 135 Å². The van der Waals surface area contributed by atoms with Gasteiger partial charge in [0.15, 0.2) is 5.69 Å². The lowest BCUT2D eigenvalue weighted by Gasteiger charge is -2.14. The van der Waals surface area contributed by atoms with Crippen LogP contribution in [0.25, 0.3) is 10.2 Å². The van der Waals surface area contributed by atoms with Crippen LogP contribution in [0, 0.1) is 5.82 Å². The Bertz CT molecular complexity index is 866. The highest BCUT2D eigenvalue weighted by molar-refractivity contribution is 7.17. The van der Waals surface area contributed by atoms with Gasteiger partial charge in [0.1, 0.15) is 5.82 Å². The van der Waals surface area contributed by atoms with Gasteiger partial charge < -0.3 is 10.6 Å². The van der Waals surface area contributed by atoms with Crippen LogP contribution in [0.4, 0.5) is 10.3 Å². The van der Waals surface area contributed by atoms with Gasteiger partial charge in [0.2, 0.25) is 5.95 Å². The fourth-order valence-electron chi connectivity index (χ4n) is 2.14. The van der Waals surface area contributed by atoms with Crippen LogP contribution in [-0.4, -0.2) is 27.9 Å². The topological polar surface area (TPSA) is 79.8 Å². The molecule has 0 saturated carbocycles. The zero-order chi connectivity index (χ0) is 16.4. The number of pyridine rings is 1. The van der Waals surface area contributed by atoms with Gasteiger partial charge in [0.05, 0.1) is 22.5 Å². The van der Waals surface area contributed by atoms with Gasteiger partial charge in [-0.1, -0.05) is 0 Å². The van der Waals surface area contributed by atoms with E-state index in [2.05, 4.69) is 25.6 Å². The van der Waals surface area contributed by atoms with Gasteiger partial charge in [-0.2, -0.15) is 0 Å². The molecule has 118 valence electrons. The molecule has 0 aliphatic heterocycles. The van der Waals surface area contributed by atoms with Crippen molar-refractivity contribution in [2.45, 2.75) is 13.0 Å². The minimum atomic E-state index is -0.406. The molecule has 0 saturated heterocycles. The van der Waals surface area contributed by atoms with Crippen molar-refractivity contribution < 1.29 is 9.18 Å². The van der Waals surface area contributed by atoms with Crippen molar-refractivity contribution >= 4 is 33.4 Å². The summed E-state index contributed by atoms with van der Waals surface area (Å²) < 4.78 is 14.0. The van der Waals surface area contributed by atoms with Crippen LogP contribution in [0.1, 0.15) is 29.0 Å². The summed E-state index contributed by atoms with van der Waals surface area (Å²) in [6.07, 6.45) is 2.72. The molecule has 0 unspecified atom stereocenters. The van der Waals surface area contributed by atoms with Crippen molar-refractivity contribution in [3.8, 4) is 0 Å². The number of fused-ring (bicyclic) bond motifs is 1. The van der Waals surface area contributed by atoms with Crippen molar-refractivity contribution in [3.63, 3.8) is 0 Å². The summed E-state index contributed by atoms with van der Waals surface area (Å²) in [5.74, 6) is -0.370. The number of carbonyl (C=O) groups is 1. The molecule has 0 aromatic carbocycles. The number of halogens is 1. The quantitative estimate of drug-likeness (QED) is 0.768. The van der Waals surface area contributed by atoms with E-state index >= 15 is 0 Å². The van der Waals surface area contributed by atoms with Crippen LogP contribution in [-0.2, 0) is 0 Å². The van der Waals surface area contributed by atoms with E-state index in [1.165, 1.54) is 17.4 Å². The van der Waals surface area contributed by atoms with Gasteiger partial charge in [-0.25, -0.2) is 14.4 Å². The third-order valence-electron chi connectivity index (χ3n) is 3.32. The van der Waals surface area contributed by atoms with Gasteiger partial charge in [-0.15, -0.1) is 11.3 Å². The first kappa shape index (κ1) is 15.3. The van der Waals surface area contributed by atoms with Crippen molar-refractivity contribution in [2.24, 2.45) is 0 Å². The number of anilines is 1. The predicted molar refractivity (Wildman–Crippen MR) is 87.0 cm³/mol. The summed E-state index contributed by atoms with van der Waals surface area (Å²) in [4.78, 5) is 24.5. The van der Waals surface area contributed by atoms with E-state index in [1.807, 2.05) is 18.4 Å². The van der Waals surface area contributed by atoms with Crippen LogP contribution in [0.3, 0.4) is 0 Å². The van der Waals surface area contributed by atoms with Crippen LogP contribution in [0.2, 0.25) is 0 Å². The molecule has 3 aromatic heterocycles. The molecule has 0 spiro atoms. The first-order valence-corrected chi connectivity index (χ1v) is 7.80. The van der Waals surface area contributed by atoms with Gasteiger partial charge in [0.25, 0.3) is 5.91 Å². The minimum Gasteiger partial charge on any atom is -0.354 e. The van der Waals surface area contributed by atoms with Gasteiger partial charge in [-0.3, -0.25) is 9.78 Å². The van der Waals surface area contributed by atoms with Gasteiger partial charge >= 0.3 is 0 Å². The van der Waals surface area contributed by atoms with E-state index in [4.69, 9.17) is 0 Å². The Hall–Kier alpha value is -2.61. The summed E-state index contributed by atoms with van der Waals surface area (Å²) in [7, 11) is 1.55. The van der Waals surface area contributed by atoms with E-state index in [1.54, 1.807) is 13.2 Å². The van der Waals surface area contributed by atoms with Crippen molar-refractivity contribution in [2.75, 3.05) is 12.4 Å². The van der Waals surface area contributed by atoms with Crippen LogP contribution in [0.5, 0.6) is 0 Å². The molecule has 3 rings (SSSR count). The summed E-state index contributed by atoms with van der Waals surface area (Å²) in [6, 6.07) is 2.97. The molecule has 2 N–H and O–H groups in total. The van der Waals surface area contributed by atoms with E-state index < -0.39 is 5.82 Å². The smallest absolute Gasteiger partial charge is 0.271 e. The maximum absolute atomic E-state index is 13.3. The highest BCUT2D eigenvalue weighted by Gasteiger charge is 2.16. The Morgan fingerprint density at radius 3 is 2.91 bits per heavy atom. The molecule has 8 heteroatoms. The summed E-state index contributed by atoms with van der Waals surface area (Å²) in [6.45, 7) is 1.84. The van der Waals surface area contributed by atoms with Crippen molar-refractivity contribution in [3.05, 3.63) is 47.0 Å². The molecule has 3 aromatic rings. The van der Waals surface area contributed by atoms with Crippen molar-refractivity contribution in [1.82, 2.24) is 20.3 Å². The zero-order valence-electron chi connectivity index (χ0n) is 12.5. The Kier molecular flexibility index (Phi) is 4.16. The largest absolute Gasteiger partial charge is 0.354 e. The molecular weight excluding hydrogens is 317 g/mol. The normalized spacial score (nSPS) is 12.1. The Balaban J connectivity index is 1.95. The van der Waals surface area contributed by atoms with Crippen LogP contribution >= 0.6 is 11.3 Å². The number of hydrogen-bond donors (Lipinski definition) is 2. The molecule has 1 atom stereocenters. The molecule has 0 bridgehead atoms.